The van der Waals surface area contributed by atoms with E-state index in [-0.39, 0.29) is 24.4 Å². The molecule has 0 radical (unpaired) electrons. The Kier molecular flexibility index (Phi) is 12.8. The average molecular weight is 627 g/mol. The Bertz CT molecular complexity index is 1190. The molecule has 0 saturated carbocycles. The first-order chi connectivity index (χ1) is 19.9. The average Bonchev–Trinajstić information content (AvgIpc) is 3.57. The van der Waals surface area contributed by atoms with Crippen LogP contribution in [0.4, 0.5) is 9.59 Å². The number of nitrogens with one attached hydrogen (secondary N) is 2. The zero-order chi connectivity index (χ0) is 34.3. The van der Waals surface area contributed by atoms with Gasteiger partial charge in [0.05, 0.1) is 25.0 Å². The van der Waals surface area contributed by atoms with E-state index in [1.807, 2.05) is 41.5 Å². The predicted molar refractivity (Wildman–Crippen MR) is 162 cm³/mol. The lowest BCUT2D eigenvalue weighted by Crippen LogP contribution is -2.48. The van der Waals surface area contributed by atoms with Gasteiger partial charge in [0.15, 0.2) is 17.6 Å². The number of oxazole rings is 1. The number of carbonyl (C=O) groups excluding carboxylic acids is 4. The van der Waals surface area contributed by atoms with E-state index in [0.717, 1.165) is 0 Å². The lowest BCUT2D eigenvalue weighted by Gasteiger charge is -2.32. The number of esters is 2. The molecule has 2 heterocycles. The normalized spacial score (nSPS) is 16.6. The minimum atomic E-state index is -0.645. The zero-order valence-electron chi connectivity index (χ0n) is 28.5. The van der Waals surface area contributed by atoms with Crippen LogP contribution in [-0.2, 0) is 33.9 Å². The van der Waals surface area contributed by atoms with Gasteiger partial charge >= 0.3 is 24.1 Å². The van der Waals surface area contributed by atoms with Gasteiger partial charge in [0, 0.05) is 12.1 Å². The molecule has 14 heteroatoms. The molecule has 0 fully saturated rings. The molecule has 44 heavy (non-hydrogen) atoms. The maximum absolute atomic E-state index is 11.9. The molecule has 0 aliphatic carbocycles. The molecule has 250 valence electrons. The topological polar surface area (TPSA) is 177 Å². The van der Waals surface area contributed by atoms with Crippen LogP contribution in [0, 0.1) is 5.41 Å². The Morgan fingerprint density at radius 3 is 1.73 bits per heavy atom. The van der Waals surface area contributed by atoms with Crippen LogP contribution in [0.2, 0.25) is 0 Å². The minimum absolute atomic E-state index is 0.0926. The molecule has 0 bridgehead atoms. The van der Waals surface area contributed by atoms with E-state index in [4.69, 9.17) is 18.6 Å². The van der Waals surface area contributed by atoms with E-state index in [1.54, 1.807) is 41.5 Å². The second-order valence-corrected chi connectivity index (χ2v) is 13.5. The van der Waals surface area contributed by atoms with Crippen LogP contribution in [0.3, 0.4) is 0 Å². The zero-order valence-corrected chi connectivity index (χ0v) is 28.5. The summed E-state index contributed by atoms with van der Waals surface area (Å²) in [7, 11) is 2.59. The van der Waals surface area contributed by atoms with Gasteiger partial charge in [0.2, 0.25) is 5.89 Å². The van der Waals surface area contributed by atoms with Crippen LogP contribution in [0.15, 0.2) is 15.7 Å². The molecule has 0 aromatic carbocycles. The van der Waals surface area contributed by atoms with Crippen molar-refractivity contribution >= 4 is 30.0 Å². The lowest BCUT2D eigenvalue weighted by molar-refractivity contribution is -0.142. The highest BCUT2D eigenvalue weighted by Crippen LogP contribution is 2.28. The summed E-state index contributed by atoms with van der Waals surface area (Å²) in [5.74, 6) is -0.250. The van der Waals surface area contributed by atoms with Crippen molar-refractivity contribution in [2.24, 2.45) is 10.4 Å². The fourth-order valence-corrected chi connectivity index (χ4v) is 3.45. The highest BCUT2D eigenvalue weighted by molar-refractivity contribution is 5.89. The summed E-state index contributed by atoms with van der Waals surface area (Å²) in [4.78, 5) is 55.0. The maximum Gasteiger partial charge on any atom is 0.407 e. The molecule has 0 saturated heterocycles. The number of alkyl carbamates (subject to hydrolysis) is 2. The summed E-state index contributed by atoms with van der Waals surface area (Å²) in [5.41, 5.74) is -2.27. The van der Waals surface area contributed by atoms with Gasteiger partial charge < -0.3 is 38.7 Å². The molecule has 2 N–H and O–H groups in total. The van der Waals surface area contributed by atoms with E-state index >= 15 is 0 Å². The van der Waals surface area contributed by atoms with Gasteiger partial charge in [-0.3, -0.25) is 0 Å². The van der Waals surface area contributed by atoms with Crippen LogP contribution in [0.5, 0.6) is 0 Å². The highest BCUT2D eigenvalue weighted by atomic mass is 16.6. The number of rotatable bonds is 8. The molecule has 14 nitrogen and oxygen atoms in total. The SMILES string of the molecule is COC(=O)C1COC(C(C)(C)[C@@H](C)NC(=O)OC(C)(C)C)=N1.COC(=O)c1coc(C(C)(C)[C@@H](C)NC(=O)OC(C)(C)C)n1. The fourth-order valence-electron chi connectivity index (χ4n) is 3.45. The quantitative estimate of drug-likeness (QED) is 0.306. The summed E-state index contributed by atoms with van der Waals surface area (Å²) in [6.45, 7) is 22.0. The monoisotopic (exact) mass is 626 g/mol. The third kappa shape index (κ3) is 11.3. The largest absolute Gasteiger partial charge is 0.478 e. The molecule has 1 aliphatic rings. The number of methoxy groups -OCH3 is 2. The standard InChI is InChI=1S/C15H26N2O5.C15H24N2O5/c2*1-9(16-13(19)22-14(2,3)4)15(5,6)12-17-10(8-21-12)11(18)20-7/h9-10H,8H2,1-7H3,(H,16,19);8-9H,1-7H3,(H,16,19)/t9-,10?;9-/m11/s1. The van der Waals surface area contributed by atoms with Gasteiger partial charge in [-0.05, 0) is 83.1 Å². The van der Waals surface area contributed by atoms with Crippen LogP contribution >= 0.6 is 0 Å². The maximum atomic E-state index is 11.9. The molecule has 1 aromatic heterocycles. The third-order valence-corrected chi connectivity index (χ3v) is 6.76. The lowest BCUT2D eigenvalue weighted by atomic mass is 9.85. The van der Waals surface area contributed by atoms with Crippen molar-refractivity contribution in [1.29, 1.82) is 0 Å². The molecular weight excluding hydrogens is 576 g/mol. The highest BCUT2D eigenvalue weighted by Gasteiger charge is 2.40. The smallest absolute Gasteiger partial charge is 0.407 e. The van der Waals surface area contributed by atoms with Crippen molar-refractivity contribution in [1.82, 2.24) is 15.6 Å². The molecule has 0 spiro atoms. The van der Waals surface area contributed by atoms with Crippen LogP contribution in [-0.4, -0.2) is 85.2 Å². The molecular formula is C30H50N4O10. The van der Waals surface area contributed by atoms with Gasteiger partial charge in [-0.1, -0.05) is 0 Å². The van der Waals surface area contributed by atoms with Gasteiger partial charge in [0.1, 0.15) is 24.1 Å². The Labute approximate surface area is 260 Å². The van der Waals surface area contributed by atoms with E-state index in [2.05, 4.69) is 30.1 Å². The summed E-state index contributed by atoms with van der Waals surface area (Å²) in [6.07, 6.45) is 0.215. The number of hydrogen-bond donors (Lipinski definition) is 2. The fraction of sp³-hybridized carbons (Fsp3) is 0.733. The molecule has 2 rings (SSSR count). The summed E-state index contributed by atoms with van der Waals surface area (Å²) in [6, 6.07) is -1.27. The minimum Gasteiger partial charge on any atom is -0.478 e. The third-order valence-electron chi connectivity index (χ3n) is 6.76. The van der Waals surface area contributed by atoms with Crippen molar-refractivity contribution in [3.63, 3.8) is 0 Å². The van der Waals surface area contributed by atoms with Crippen molar-refractivity contribution in [2.45, 2.75) is 118 Å². The van der Waals surface area contributed by atoms with Crippen molar-refractivity contribution in [3.05, 3.63) is 17.8 Å². The van der Waals surface area contributed by atoms with Gasteiger partial charge in [0.25, 0.3) is 0 Å². The molecule has 1 unspecified atom stereocenters. The van der Waals surface area contributed by atoms with E-state index in [0.29, 0.717) is 11.8 Å². The van der Waals surface area contributed by atoms with Crippen LogP contribution in [0.1, 0.15) is 99.5 Å². The van der Waals surface area contributed by atoms with Gasteiger partial charge in [-0.15, -0.1) is 0 Å². The van der Waals surface area contributed by atoms with Crippen LogP contribution in [0.25, 0.3) is 0 Å². The summed E-state index contributed by atoms with van der Waals surface area (Å²) >= 11 is 0. The first-order valence-electron chi connectivity index (χ1n) is 14.3. The number of ether oxygens (including phenoxy) is 5. The molecule has 3 atom stereocenters. The molecule has 1 aromatic rings. The second-order valence-electron chi connectivity index (χ2n) is 13.5. The number of amides is 2. The van der Waals surface area contributed by atoms with Crippen molar-refractivity contribution in [3.8, 4) is 0 Å². The number of carbonyl (C=O) groups is 4. The number of aliphatic imine (C=N–C) groups is 1. The number of nitrogens with zero attached hydrogens (tertiary/aromatic N) is 2. The van der Waals surface area contributed by atoms with Crippen molar-refractivity contribution < 1.29 is 47.3 Å². The Morgan fingerprint density at radius 1 is 0.818 bits per heavy atom. The first kappa shape index (κ1) is 38.2. The Balaban J connectivity index is 0.000000440. The van der Waals surface area contributed by atoms with E-state index in [9.17, 15) is 19.2 Å². The number of hydrogen-bond acceptors (Lipinski definition) is 12. The second kappa shape index (κ2) is 14.8. The van der Waals surface area contributed by atoms with Crippen molar-refractivity contribution in [2.75, 3.05) is 20.8 Å². The van der Waals surface area contributed by atoms with Gasteiger partial charge in [-0.25, -0.2) is 29.2 Å². The van der Waals surface area contributed by atoms with Crippen LogP contribution < -0.4 is 10.6 Å². The van der Waals surface area contributed by atoms with E-state index in [1.165, 1.54) is 20.5 Å². The molecule has 1 aliphatic heterocycles. The van der Waals surface area contributed by atoms with Gasteiger partial charge in [-0.2, -0.15) is 0 Å². The predicted octanol–water partition coefficient (Wildman–Crippen LogP) is 4.55. The molecule has 2 amide bonds. The Hall–Kier alpha value is -3.84. The van der Waals surface area contributed by atoms with E-state index < -0.39 is 52.2 Å². The Morgan fingerprint density at radius 2 is 1.30 bits per heavy atom. The summed E-state index contributed by atoms with van der Waals surface area (Å²) < 4.78 is 30.6. The first-order valence-corrected chi connectivity index (χ1v) is 14.3. The summed E-state index contributed by atoms with van der Waals surface area (Å²) in [5, 5.41) is 5.52. The number of aromatic nitrogens is 1.